The highest BCUT2D eigenvalue weighted by Gasteiger charge is 2.38. The van der Waals surface area contributed by atoms with Crippen molar-refractivity contribution in [3.8, 4) is 5.75 Å². The van der Waals surface area contributed by atoms with Gasteiger partial charge in [0.15, 0.2) is 0 Å². The lowest BCUT2D eigenvalue weighted by Gasteiger charge is -2.41. The molecule has 1 aliphatic rings. The van der Waals surface area contributed by atoms with Gasteiger partial charge >= 0.3 is 0 Å². The fraction of sp³-hybridized carbons (Fsp3) is 0.611. The van der Waals surface area contributed by atoms with E-state index < -0.39 is 0 Å². The summed E-state index contributed by atoms with van der Waals surface area (Å²) in [7, 11) is 1.65. The molecule has 0 aliphatic carbocycles. The molecule has 1 amide bonds. The van der Waals surface area contributed by atoms with E-state index >= 15 is 0 Å². The van der Waals surface area contributed by atoms with Crippen LogP contribution in [0.5, 0.6) is 5.75 Å². The molecular weight excluding hydrogens is 276 g/mol. The lowest BCUT2D eigenvalue weighted by atomic mass is 9.80. The van der Waals surface area contributed by atoms with Gasteiger partial charge in [0.05, 0.1) is 12.5 Å². The van der Waals surface area contributed by atoms with Crippen LogP contribution in [-0.2, 0) is 11.3 Å². The number of benzene rings is 1. The largest absolute Gasteiger partial charge is 0.497 e. The van der Waals surface area contributed by atoms with E-state index in [-0.39, 0.29) is 11.3 Å². The number of amides is 1. The summed E-state index contributed by atoms with van der Waals surface area (Å²) in [5.41, 5.74) is 0.809. The van der Waals surface area contributed by atoms with E-state index in [2.05, 4.69) is 31.0 Å². The first kappa shape index (κ1) is 16.8. The van der Waals surface area contributed by atoms with Gasteiger partial charge < -0.3 is 10.1 Å². The minimum atomic E-state index is -0.283. The number of hydrogen-bond acceptors (Lipinski definition) is 3. The third-order valence-electron chi connectivity index (χ3n) is 4.62. The number of ether oxygens (including phenoxy) is 1. The summed E-state index contributed by atoms with van der Waals surface area (Å²) in [5.74, 6) is 0.996. The predicted octanol–water partition coefficient (Wildman–Crippen LogP) is 2.82. The molecule has 0 bridgehead atoms. The van der Waals surface area contributed by atoms with Crippen LogP contribution in [0.2, 0.25) is 0 Å². The third-order valence-corrected chi connectivity index (χ3v) is 4.62. The minimum Gasteiger partial charge on any atom is -0.497 e. The van der Waals surface area contributed by atoms with E-state index in [1.165, 1.54) is 0 Å². The van der Waals surface area contributed by atoms with Crippen LogP contribution in [-0.4, -0.2) is 37.0 Å². The molecule has 4 nitrogen and oxygen atoms in total. The van der Waals surface area contributed by atoms with Gasteiger partial charge in [0, 0.05) is 19.1 Å². The molecule has 1 aliphatic heterocycles. The molecule has 1 unspecified atom stereocenters. The fourth-order valence-corrected chi connectivity index (χ4v) is 3.04. The average Bonchev–Trinajstić information content (AvgIpc) is 2.53. The van der Waals surface area contributed by atoms with Crippen molar-refractivity contribution in [2.45, 2.75) is 46.2 Å². The Labute approximate surface area is 133 Å². The zero-order valence-electron chi connectivity index (χ0n) is 14.2. The summed E-state index contributed by atoms with van der Waals surface area (Å²) in [6.07, 6.45) is 2.05. The average molecular weight is 304 g/mol. The molecule has 0 saturated carbocycles. The topological polar surface area (TPSA) is 41.6 Å². The fourth-order valence-electron chi connectivity index (χ4n) is 3.04. The molecule has 1 heterocycles. The lowest BCUT2D eigenvalue weighted by Crippen LogP contribution is -2.51. The van der Waals surface area contributed by atoms with E-state index in [4.69, 9.17) is 4.74 Å². The van der Waals surface area contributed by atoms with E-state index in [9.17, 15) is 4.79 Å². The number of nitrogens with one attached hydrogen (secondary N) is 1. The van der Waals surface area contributed by atoms with Crippen LogP contribution in [0.15, 0.2) is 24.3 Å². The first-order valence-corrected chi connectivity index (χ1v) is 8.10. The Morgan fingerprint density at radius 3 is 2.64 bits per heavy atom. The molecule has 0 radical (unpaired) electrons. The van der Waals surface area contributed by atoms with Crippen LogP contribution in [0.4, 0.5) is 0 Å². The number of methoxy groups -OCH3 is 1. The Morgan fingerprint density at radius 2 is 2.05 bits per heavy atom. The maximum Gasteiger partial charge on any atom is 0.227 e. The van der Waals surface area contributed by atoms with Gasteiger partial charge in [0.25, 0.3) is 0 Å². The van der Waals surface area contributed by atoms with Crippen molar-refractivity contribution in [3.63, 3.8) is 0 Å². The van der Waals surface area contributed by atoms with Crippen LogP contribution < -0.4 is 10.1 Å². The standard InChI is InChI=1S/C18H28N2O2/c1-14(2)20-11-5-10-18(3,13-20)17(21)19-12-15-6-8-16(22-4)9-7-15/h6-9,14H,5,10-13H2,1-4H3,(H,19,21). The Hall–Kier alpha value is -1.55. The maximum absolute atomic E-state index is 12.6. The molecule has 0 spiro atoms. The van der Waals surface area contributed by atoms with Gasteiger partial charge in [-0.05, 0) is 57.9 Å². The molecular formula is C18H28N2O2. The van der Waals surface area contributed by atoms with E-state index in [1.807, 2.05) is 24.3 Å². The molecule has 122 valence electrons. The van der Waals surface area contributed by atoms with Gasteiger partial charge in [-0.3, -0.25) is 9.69 Å². The normalized spacial score (nSPS) is 22.6. The Morgan fingerprint density at radius 1 is 1.36 bits per heavy atom. The van der Waals surface area contributed by atoms with Crippen molar-refractivity contribution >= 4 is 5.91 Å². The molecule has 4 heteroatoms. The number of nitrogens with zero attached hydrogens (tertiary/aromatic N) is 1. The molecule has 1 atom stereocenters. The Kier molecular flexibility index (Phi) is 5.46. The Balaban J connectivity index is 1.92. The summed E-state index contributed by atoms with van der Waals surface area (Å²) < 4.78 is 5.15. The number of rotatable bonds is 5. The quantitative estimate of drug-likeness (QED) is 0.909. The van der Waals surface area contributed by atoms with E-state index in [0.29, 0.717) is 12.6 Å². The van der Waals surface area contributed by atoms with E-state index in [0.717, 1.165) is 37.2 Å². The zero-order valence-corrected chi connectivity index (χ0v) is 14.2. The second kappa shape index (κ2) is 7.14. The van der Waals surface area contributed by atoms with Crippen LogP contribution in [0.3, 0.4) is 0 Å². The molecule has 1 N–H and O–H groups in total. The van der Waals surface area contributed by atoms with Crippen molar-refractivity contribution < 1.29 is 9.53 Å². The van der Waals surface area contributed by atoms with Gasteiger partial charge in [0.2, 0.25) is 5.91 Å². The van der Waals surface area contributed by atoms with Gasteiger partial charge in [0.1, 0.15) is 5.75 Å². The SMILES string of the molecule is COc1ccc(CNC(=O)C2(C)CCCN(C(C)C)C2)cc1. The smallest absolute Gasteiger partial charge is 0.227 e. The highest BCUT2D eigenvalue weighted by molar-refractivity contribution is 5.82. The van der Waals surface area contributed by atoms with Crippen LogP contribution in [0.1, 0.15) is 39.2 Å². The van der Waals surface area contributed by atoms with Crippen molar-refractivity contribution in [3.05, 3.63) is 29.8 Å². The molecule has 1 aromatic carbocycles. The van der Waals surface area contributed by atoms with Crippen molar-refractivity contribution in [1.82, 2.24) is 10.2 Å². The van der Waals surface area contributed by atoms with Crippen molar-refractivity contribution in [2.75, 3.05) is 20.2 Å². The van der Waals surface area contributed by atoms with E-state index in [1.54, 1.807) is 7.11 Å². The van der Waals surface area contributed by atoms with Crippen LogP contribution >= 0.6 is 0 Å². The van der Waals surface area contributed by atoms with Gasteiger partial charge in [-0.1, -0.05) is 12.1 Å². The molecule has 22 heavy (non-hydrogen) atoms. The molecule has 1 saturated heterocycles. The first-order valence-electron chi connectivity index (χ1n) is 8.10. The number of carbonyl (C=O) groups is 1. The number of hydrogen-bond donors (Lipinski definition) is 1. The van der Waals surface area contributed by atoms with Gasteiger partial charge in [-0.15, -0.1) is 0 Å². The summed E-state index contributed by atoms with van der Waals surface area (Å²) >= 11 is 0. The molecule has 2 rings (SSSR count). The van der Waals surface area contributed by atoms with Crippen molar-refractivity contribution in [1.29, 1.82) is 0 Å². The highest BCUT2D eigenvalue weighted by atomic mass is 16.5. The predicted molar refractivity (Wildman–Crippen MR) is 88.9 cm³/mol. The summed E-state index contributed by atoms with van der Waals surface area (Å²) in [5, 5.41) is 3.10. The molecule has 0 aromatic heterocycles. The van der Waals surface area contributed by atoms with Crippen molar-refractivity contribution in [2.24, 2.45) is 5.41 Å². The van der Waals surface area contributed by atoms with Crippen LogP contribution in [0.25, 0.3) is 0 Å². The highest BCUT2D eigenvalue weighted by Crippen LogP contribution is 2.30. The monoisotopic (exact) mass is 304 g/mol. The number of carbonyl (C=O) groups excluding carboxylic acids is 1. The zero-order chi connectivity index (χ0) is 16.2. The van der Waals surface area contributed by atoms with Gasteiger partial charge in [-0.25, -0.2) is 0 Å². The third kappa shape index (κ3) is 4.01. The number of piperidine rings is 1. The summed E-state index contributed by atoms with van der Waals surface area (Å²) in [6.45, 7) is 8.99. The lowest BCUT2D eigenvalue weighted by molar-refractivity contribution is -0.133. The Bertz CT molecular complexity index is 498. The van der Waals surface area contributed by atoms with Gasteiger partial charge in [-0.2, -0.15) is 0 Å². The summed E-state index contributed by atoms with van der Waals surface area (Å²) in [4.78, 5) is 15.0. The number of likely N-dealkylation sites (tertiary alicyclic amines) is 1. The minimum absolute atomic E-state index is 0.161. The molecule has 1 aromatic rings. The summed E-state index contributed by atoms with van der Waals surface area (Å²) in [6, 6.07) is 8.31. The second-order valence-corrected chi connectivity index (χ2v) is 6.76. The molecule has 1 fully saturated rings. The first-order chi connectivity index (χ1) is 10.4. The van der Waals surface area contributed by atoms with Crippen LogP contribution in [0, 0.1) is 5.41 Å². The maximum atomic E-state index is 12.6. The second-order valence-electron chi connectivity index (χ2n) is 6.76.